The molecule has 0 radical (unpaired) electrons. The Hall–Kier alpha value is -1.02. The van der Waals surface area contributed by atoms with Crippen LogP contribution in [0.5, 0.6) is 5.75 Å². The largest absolute Gasteiger partial charge is 0.491 e. The second-order valence-electron chi connectivity index (χ2n) is 4.94. The first-order valence-electron chi connectivity index (χ1n) is 6.31. The van der Waals surface area contributed by atoms with Crippen molar-refractivity contribution in [2.24, 2.45) is 0 Å². The molecule has 0 unspecified atom stereocenters. The van der Waals surface area contributed by atoms with Gasteiger partial charge < -0.3 is 9.47 Å². The van der Waals surface area contributed by atoms with E-state index in [4.69, 9.17) is 9.47 Å². The summed E-state index contributed by atoms with van der Waals surface area (Å²) in [6.45, 7) is 10.1. The summed E-state index contributed by atoms with van der Waals surface area (Å²) < 4.78 is 10.6. The first-order valence-corrected chi connectivity index (χ1v) is 6.31. The van der Waals surface area contributed by atoms with Crippen LogP contribution in [0.1, 0.15) is 50.7 Å². The highest BCUT2D eigenvalue weighted by atomic mass is 16.5. The molecule has 2 nitrogen and oxygen atoms in total. The van der Waals surface area contributed by atoms with Gasteiger partial charge in [-0.2, -0.15) is 0 Å². The molecule has 1 aromatic carbocycles. The summed E-state index contributed by atoms with van der Waals surface area (Å²) in [7, 11) is 1.69. The van der Waals surface area contributed by atoms with Gasteiger partial charge in [0.25, 0.3) is 0 Å². The van der Waals surface area contributed by atoms with Crippen molar-refractivity contribution in [1.29, 1.82) is 0 Å². The Morgan fingerprint density at radius 3 is 2.12 bits per heavy atom. The fraction of sp³-hybridized carbons (Fsp3) is 0.600. The molecule has 0 saturated heterocycles. The first kappa shape index (κ1) is 14.0. The molecule has 2 heteroatoms. The number of methoxy groups -OCH3 is 1. The van der Waals surface area contributed by atoms with Gasteiger partial charge in [-0.25, -0.2) is 0 Å². The van der Waals surface area contributed by atoms with Crippen molar-refractivity contribution in [1.82, 2.24) is 0 Å². The van der Waals surface area contributed by atoms with Gasteiger partial charge in [-0.15, -0.1) is 0 Å². The highest BCUT2D eigenvalue weighted by Crippen LogP contribution is 2.29. The van der Waals surface area contributed by atoms with E-state index >= 15 is 0 Å². The van der Waals surface area contributed by atoms with Crippen LogP contribution < -0.4 is 4.74 Å². The molecular weight excluding hydrogens is 212 g/mol. The molecule has 0 atom stereocenters. The van der Waals surface area contributed by atoms with E-state index in [0.717, 1.165) is 5.75 Å². The van der Waals surface area contributed by atoms with Crippen LogP contribution in [-0.2, 0) is 4.74 Å². The quantitative estimate of drug-likeness (QED) is 0.696. The van der Waals surface area contributed by atoms with Crippen LogP contribution >= 0.6 is 0 Å². The molecule has 0 saturated carbocycles. The minimum Gasteiger partial charge on any atom is -0.491 e. The molecular formula is C15H24O2. The van der Waals surface area contributed by atoms with Crippen LogP contribution in [0.15, 0.2) is 18.2 Å². The van der Waals surface area contributed by atoms with E-state index < -0.39 is 0 Å². The van der Waals surface area contributed by atoms with E-state index in [0.29, 0.717) is 25.0 Å². The second kappa shape index (κ2) is 6.65. The van der Waals surface area contributed by atoms with Crippen molar-refractivity contribution in [3.8, 4) is 5.75 Å². The molecule has 96 valence electrons. The maximum absolute atomic E-state index is 5.65. The topological polar surface area (TPSA) is 18.5 Å². The Kier molecular flexibility index (Phi) is 5.49. The van der Waals surface area contributed by atoms with Gasteiger partial charge in [-0.1, -0.05) is 33.8 Å². The van der Waals surface area contributed by atoms with Gasteiger partial charge in [-0.05, 0) is 35.1 Å². The molecule has 17 heavy (non-hydrogen) atoms. The lowest BCUT2D eigenvalue weighted by molar-refractivity contribution is 0.146. The maximum atomic E-state index is 5.65. The van der Waals surface area contributed by atoms with Crippen molar-refractivity contribution in [3.63, 3.8) is 0 Å². The lowest BCUT2D eigenvalue weighted by atomic mass is 9.90. The fourth-order valence-electron chi connectivity index (χ4n) is 1.91. The average Bonchev–Trinajstić information content (AvgIpc) is 2.29. The Balaban J connectivity index is 2.86. The van der Waals surface area contributed by atoms with Crippen LogP contribution in [0, 0.1) is 0 Å². The second-order valence-corrected chi connectivity index (χ2v) is 4.94. The van der Waals surface area contributed by atoms with E-state index in [-0.39, 0.29) is 0 Å². The predicted molar refractivity (Wildman–Crippen MR) is 72.0 cm³/mol. The van der Waals surface area contributed by atoms with Crippen molar-refractivity contribution >= 4 is 0 Å². The van der Waals surface area contributed by atoms with E-state index in [1.54, 1.807) is 7.11 Å². The Bertz CT molecular complexity index is 343. The highest BCUT2D eigenvalue weighted by molar-refractivity contribution is 5.39. The normalized spacial score (nSPS) is 11.2. The van der Waals surface area contributed by atoms with Gasteiger partial charge in [0.05, 0.1) is 6.61 Å². The van der Waals surface area contributed by atoms with Crippen LogP contribution in [0.4, 0.5) is 0 Å². The van der Waals surface area contributed by atoms with E-state index in [2.05, 4.69) is 45.9 Å². The third kappa shape index (κ3) is 4.04. The number of ether oxygens (including phenoxy) is 2. The third-order valence-corrected chi connectivity index (χ3v) is 2.86. The number of benzene rings is 1. The minimum atomic E-state index is 0.526. The van der Waals surface area contributed by atoms with Crippen molar-refractivity contribution in [2.45, 2.75) is 39.5 Å². The van der Waals surface area contributed by atoms with Gasteiger partial charge in [0.1, 0.15) is 12.4 Å². The monoisotopic (exact) mass is 236 g/mol. The summed E-state index contributed by atoms with van der Waals surface area (Å²) in [6, 6.07) is 6.40. The van der Waals surface area contributed by atoms with Crippen LogP contribution in [0.25, 0.3) is 0 Å². The lowest BCUT2D eigenvalue weighted by Gasteiger charge is -2.17. The molecule has 1 rings (SSSR count). The summed E-state index contributed by atoms with van der Waals surface area (Å²) in [5, 5.41) is 0. The zero-order valence-electron chi connectivity index (χ0n) is 11.6. The zero-order valence-corrected chi connectivity index (χ0v) is 11.6. The molecule has 0 amide bonds. The number of hydrogen-bond acceptors (Lipinski definition) is 2. The molecule has 0 heterocycles. The minimum absolute atomic E-state index is 0.526. The van der Waals surface area contributed by atoms with Crippen molar-refractivity contribution in [3.05, 3.63) is 29.3 Å². The number of hydrogen-bond donors (Lipinski definition) is 0. The van der Waals surface area contributed by atoms with Crippen LogP contribution in [0.2, 0.25) is 0 Å². The Morgan fingerprint density at radius 1 is 0.941 bits per heavy atom. The van der Waals surface area contributed by atoms with Crippen LogP contribution in [0.3, 0.4) is 0 Å². The summed E-state index contributed by atoms with van der Waals surface area (Å²) in [5.41, 5.74) is 2.80. The standard InChI is InChI=1S/C15H24O2/c1-11(2)14-7-6-13(17-9-8-16-5)10-15(14)12(3)4/h6-7,10-12H,8-9H2,1-5H3. The van der Waals surface area contributed by atoms with E-state index in [1.807, 2.05) is 0 Å². The predicted octanol–water partition coefficient (Wildman–Crippen LogP) is 3.96. The molecule has 0 N–H and O–H groups in total. The smallest absolute Gasteiger partial charge is 0.119 e. The zero-order chi connectivity index (χ0) is 12.8. The van der Waals surface area contributed by atoms with Gasteiger partial charge in [-0.3, -0.25) is 0 Å². The summed E-state index contributed by atoms with van der Waals surface area (Å²) in [4.78, 5) is 0. The van der Waals surface area contributed by atoms with E-state index in [1.165, 1.54) is 11.1 Å². The number of rotatable bonds is 6. The SMILES string of the molecule is COCCOc1ccc(C(C)C)c(C(C)C)c1. The Labute approximate surface area is 105 Å². The lowest BCUT2D eigenvalue weighted by Crippen LogP contribution is -2.05. The molecule has 1 aromatic rings. The summed E-state index contributed by atoms with van der Waals surface area (Å²) in [5.74, 6) is 2.02. The fourth-order valence-corrected chi connectivity index (χ4v) is 1.91. The molecule has 0 aliphatic carbocycles. The summed E-state index contributed by atoms with van der Waals surface area (Å²) >= 11 is 0. The first-order chi connectivity index (χ1) is 8.06. The molecule has 0 spiro atoms. The van der Waals surface area contributed by atoms with E-state index in [9.17, 15) is 0 Å². The van der Waals surface area contributed by atoms with Crippen molar-refractivity contribution < 1.29 is 9.47 Å². The molecule has 0 aromatic heterocycles. The molecule has 0 aliphatic heterocycles. The summed E-state index contributed by atoms with van der Waals surface area (Å²) in [6.07, 6.45) is 0. The third-order valence-electron chi connectivity index (χ3n) is 2.86. The Morgan fingerprint density at radius 2 is 1.59 bits per heavy atom. The van der Waals surface area contributed by atoms with Crippen molar-refractivity contribution in [2.75, 3.05) is 20.3 Å². The maximum Gasteiger partial charge on any atom is 0.119 e. The van der Waals surface area contributed by atoms with Gasteiger partial charge in [0.2, 0.25) is 0 Å². The van der Waals surface area contributed by atoms with Gasteiger partial charge in [0.15, 0.2) is 0 Å². The average molecular weight is 236 g/mol. The molecule has 0 aliphatic rings. The van der Waals surface area contributed by atoms with Gasteiger partial charge >= 0.3 is 0 Å². The van der Waals surface area contributed by atoms with Gasteiger partial charge in [0, 0.05) is 7.11 Å². The van der Waals surface area contributed by atoms with Crippen LogP contribution in [-0.4, -0.2) is 20.3 Å². The highest BCUT2D eigenvalue weighted by Gasteiger charge is 2.11. The molecule has 0 bridgehead atoms. The molecule has 0 fully saturated rings.